The topological polar surface area (TPSA) is 48.7 Å². The van der Waals surface area contributed by atoms with Gasteiger partial charge in [-0.25, -0.2) is 0 Å². The Morgan fingerprint density at radius 3 is 2.62 bits per heavy atom. The molecule has 0 spiro atoms. The Balaban J connectivity index is 1.69. The van der Waals surface area contributed by atoms with Crippen LogP contribution in [0.1, 0.15) is 29.7 Å². The maximum Gasteiger partial charge on any atom is 0.311 e. The molecule has 0 saturated carbocycles. The van der Waals surface area contributed by atoms with E-state index in [4.69, 9.17) is 13.9 Å². The molecule has 1 heterocycles. The Kier molecular flexibility index (Phi) is 4.56. The highest BCUT2D eigenvalue weighted by atomic mass is 16.5. The van der Waals surface area contributed by atoms with Crippen LogP contribution in [0.3, 0.4) is 0 Å². The van der Waals surface area contributed by atoms with E-state index < -0.39 is 0 Å². The molecule has 0 amide bonds. The van der Waals surface area contributed by atoms with Gasteiger partial charge in [-0.15, -0.1) is 0 Å². The number of benzene rings is 2. The molecule has 2 aromatic carbocycles. The summed E-state index contributed by atoms with van der Waals surface area (Å²) in [5.41, 5.74) is 3.67. The van der Waals surface area contributed by atoms with Gasteiger partial charge in [0.05, 0.1) is 19.8 Å². The Bertz CT molecular complexity index is 846. The van der Waals surface area contributed by atoms with Crippen molar-refractivity contribution in [1.29, 1.82) is 0 Å². The Labute approximate surface area is 141 Å². The van der Waals surface area contributed by atoms with Crippen LogP contribution < -0.4 is 4.74 Å². The lowest BCUT2D eigenvalue weighted by Gasteiger charge is -2.13. The van der Waals surface area contributed by atoms with Crippen LogP contribution in [-0.4, -0.2) is 13.1 Å². The summed E-state index contributed by atoms with van der Waals surface area (Å²) in [4.78, 5) is 12.2. The van der Waals surface area contributed by atoms with Crippen molar-refractivity contribution in [1.82, 2.24) is 0 Å². The lowest BCUT2D eigenvalue weighted by molar-refractivity contribution is -0.147. The van der Waals surface area contributed by atoms with E-state index in [0.717, 1.165) is 22.3 Å². The molecule has 4 nitrogen and oxygen atoms in total. The largest absolute Gasteiger partial charge is 0.497 e. The normalized spacial score (nSPS) is 12.1. The first-order valence-electron chi connectivity index (χ1n) is 7.87. The van der Waals surface area contributed by atoms with Crippen LogP contribution in [0, 0.1) is 6.92 Å². The molecule has 0 aliphatic rings. The summed E-state index contributed by atoms with van der Waals surface area (Å²) >= 11 is 0. The van der Waals surface area contributed by atoms with Crippen molar-refractivity contribution >= 4 is 16.9 Å². The van der Waals surface area contributed by atoms with Gasteiger partial charge in [-0.3, -0.25) is 4.79 Å². The second-order valence-corrected chi connectivity index (χ2v) is 5.84. The van der Waals surface area contributed by atoms with Crippen LogP contribution in [0.25, 0.3) is 11.0 Å². The number of fused-ring (bicyclic) bond motifs is 1. The monoisotopic (exact) mass is 324 g/mol. The van der Waals surface area contributed by atoms with E-state index in [1.165, 1.54) is 5.56 Å². The van der Waals surface area contributed by atoms with Crippen molar-refractivity contribution in [3.63, 3.8) is 0 Å². The quantitative estimate of drug-likeness (QED) is 0.644. The van der Waals surface area contributed by atoms with Gasteiger partial charge in [0.15, 0.2) is 0 Å². The highest BCUT2D eigenvalue weighted by Crippen LogP contribution is 2.26. The number of hydrogen-bond donors (Lipinski definition) is 0. The van der Waals surface area contributed by atoms with Gasteiger partial charge in [-0.05, 0) is 31.5 Å². The molecule has 0 saturated heterocycles. The number of carbonyl (C=O) groups is 1. The molecule has 0 radical (unpaired) electrons. The number of carbonyl (C=O) groups excluding carboxylic acids is 1. The van der Waals surface area contributed by atoms with Crippen molar-refractivity contribution in [3.8, 4) is 5.75 Å². The molecule has 3 rings (SSSR count). The molecular weight excluding hydrogens is 304 g/mol. The highest BCUT2D eigenvalue weighted by Gasteiger charge is 2.15. The Morgan fingerprint density at radius 2 is 1.92 bits per heavy atom. The number of aryl methyl sites for hydroxylation is 1. The van der Waals surface area contributed by atoms with E-state index >= 15 is 0 Å². The third-order valence-corrected chi connectivity index (χ3v) is 4.05. The van der Waals surface area contributed by atoms with Gasteiger partial charge in [-0.1, -0.05) is 29.8 Å². The zero-order valence-corrected chi connectivity index (χ0v) is 14.0. The van der Waals surface area contributed by atoms with E-state index in [0.29, 0.717) is 5.58 Å². The summed E-state index contributed by atoms with van der Waals surface area (Å²) < 4.78 is 16.2. The molecule has 1 aromatic heterocycles. The van der Waals surface area contributed by atoms with Gasteiger partial charge >= 0.3 is 5.97 Å². The molecule has 0 aliphatic heterocycles. The average Bonchev–Trinajstić information content (AvgIpc) is 2.97. The molecule has 0 aliphatic carbocycles. The van der Waals surface area contributed by atoms with Crippen molar-refractivity contribution in [2.75, 3.05) is 7.11 Å². The summed E-state index contributed by atoms with van der Waals surface area (Å²) in [6.07, 6.45) is 1.49. The van der Waals surface area contributed by atoms with Gasteiger partial charge in [0.25, 0.3) is 0 Å². The maximum absolute atomic E-state index is 12.2. The molecule has 0 unspecified atom stereocenters. The standard InChI is InChI=1S/C20H20O4/c1-13-4-6-15(7-5-13)14(2)24-20(21)10-16-12-23-19-11-17(22-3)8-9-18(16)19/h4-9,11-12,14H,10H2,1-3H3/t14-/m0/s1. The number of esters is 1. The average molecular weight is 324 g/mol. The number of methoxy groups -OCH3 is 1. The molecular formula is C20H20O4. The molecule has 124 valence electrons. The molecule has 24 heavy (non-hydrogen) atoms. The van der Waals surface area contributed by atoms with Crippen LogP contribution in [0.15, 0.2) is 53.1 Å². The second kappa shape index (κ2) is 6.79. The minimum absolute atomic E-state index is 0.176. The smallest absolute Gasteiger partial charge is 0.311 e. The zero-order valence-electron chi connectivity index (χ0n) is 14.0. The fraction of sp³-hybridized carbons (Fsp3) is 0.250. The first-order valence-corrected chi connectivity index (χ1v) is 7.87. The van der Waals surface area contributed by atoms with Crippen molar-refractivity contribution in [3.05, 3.63) is 65.4 Å². The number of ether oxygens (including phenoxy) is 2. The number of hydrogen-bond acceptors (Lipinski definition) is 4. The van der Waals surface area contributed by atoms with Gasteiger partial charge in [0, 0.05) is 17.0 Å². The summed E-state index contributed by atoms with van der Waals surface area (Å²) in [6.45, 7) is 3.90. The summed E-state index contributed by atoms with van der Waals surface area (Å²) in [5.74, 6) is 0.445. The first kappa shape index (κ1) is 16.1. The van der Waals surface area contributed by atoms with Crippen LogP contribution in [0.5, 0.6) is 5.75 Å². The van der Waals surface area contributed by atoms with Crippen molar-refractivity contribution < 1.29 is 18.7 Å². The molecule has 3 aromatic rings. The van der Waals surface area contributed by atoms with Crippen LogP contribution in [0.2, 0.25) is 0 Å². The predicted molar refractivity (Wildman–Crippen MR) is 92.2 cm³/mol. The van der Waals surface area contributed by atoms with E-state index in [9.17, 15) is 4.79 Å². The number of furan rings is 1. The number of rotatable bonds is 5. The minimum atomic E-state index is -0.281. The Morgan fingerprint density at radius 1 is 1.17 bits per heavy atom. The van der Waals surface area contributed by atoms with Crippen LogP contribution in [-0.2, 0) is 16.0 Å². The summed E-state index contributed by atoms with van der Waals surface area (Å²) in [7, 11) is 1.61. The van der Waals surface area contributed by atoms with Crippen molar-refractivity contribution in [2.24, 2.45) is 0 Å². The lowest BCUT2D eigenvalue weighted by Crippen LogP contribution is -2.11. The van der Waals surface area contributed by atoms with E-state index in [1.54, 1.807) is 19.4 Å². The molecule has 0 N–H and O–H groups in total. The fourth-order valence-corrected chi connectivity index (χ4v) is 2.63. The van der Waals surface area contributed by atoms with Gasteiger partial charge in [-0.2, -0.15) is 0 Å². The zero-order chi connectivity index (χ0) is 17.1. The fourth-order valence-electron chi connectivity index (χ4n) is 2.63. The van der Waals surface area contributed by atoms with Gasteiger partial charge in [0.2, 0.25) is 0 Å². The first-order chi connectivity index (χ1) is 11.6. The highest BCUT2D eigenvalue weighted by molar-refractivity contribution is 5.86. The van der Waals surface area contributed by atoms with E-state index in [-0.39, 0.29) is 18.5 Å². The molecule has 0 bridgehead atoms. The third-order valence-electron chi connectivity index (χ3n) is 4.05. The molecule has 1 atom stereocenters. The molecule has 4 heteroatoms. The SMILES string of the molecule is COc1ccc2c(CC(=O)O[C@@H](C)c3ccc(C)cc3)coc2c1. The Hall–Kier alpha value is -2.75. The van der Waals surface area contributed by atoms with Gasteiger partial charge in [0.1, 0.15) is 17.4 Å². The second-order valence-electron chi connectivity index (χ2n) is 5.84. The predicted octanol–water partition coefficient (Wildman–Crippen LogP) is 4.60. The third kappa shape index (κ3) is 3.43. The van der Waals surface area contributed by atoms with E-state index in [1.807, 2.05) is 50.2 Å². The molecule has 0 fully saturated rings. The van der Waals surface area contributed by atoms with E-state index in [2.05, 4.69) is 0 Å². The maximum atomic E-state index is 12.2. The summed E-state index contributed by atoms with van der Waals surface area (Å²) in [5, 5.41) is 0.899. The van der Waals surface area contributed by atoms with Gasteiger partial charge < -0.3 is 13.9 Å². The van der Waals surface area contributed by atoms with Crippen molar-refractivity contribution in [2.45, 2.75) is 26.4 Å². The van der Waals surface area contributed by atoms with Crippen LogP contribution >= 0.6 is 0 Å². The summed E-state index contributed by atoms with van der Waals surface area (Å²) in [6, 6.07) is 13.5. The lowest BCUT2D eigenvalue weighted by atomic mass is 10.1. The minimum Gasteiger partial charge on any atom is -0.497 e. The van der Waals surface area contributed by atoms with Crippen LogP contribution in [0.4, 0.5) is 0 Å².